The molecule has 4 heterocycles. The number of phenolic OH excluding ortho intramolecular Hbond substituents is 2. The zero-order valence-corrected chi connectivity index (χ0v) is 25.8. The summed E-state index contributed by atoms with van der Waals surface area (Å²) in [6.07, 6.45) is 0. The largest absolute Gasteiger partial charge is 0.504 e. The van der Waals surface area contributed by atoms with E-state index in [-0.39, 0.29) is 39.7 Å². The minimum atomic E-state index is -1.83. The molecule has 2 atom stereocenters. The lowest BCUT2D eigenvalue weighted by Gasteiger charge is -2.49. The van der Waals surface area contributed by atoms with Crippen LogP contribution in [-0.4, -0.2) is 95.0 Å². The van der Waals surface area contributed by atoms with Crippen LogP contribution in [0, 0.1) is 0 Å². The predicted molar refractivity (Wildman–Crippen MR) is 164 cm³/mol. The second-order valence-corrected chi connectivity index (χ2v) is 12.5. The molecule has 1 aromatic carbocycles. The van der Waals surface area contributed by atoms with Gasteiger partial charge in [0.05, 0.1) is 0 Å². The van der Waals surface area contributed by atoms with Gasteiger partial charge < -0.3 is 46.0 Å². The monoisotopic (exact) mass is 688 g/mol. The minimum absolute atomic E-state index is 0.00167. The van der Waals surface area contributed by atoms with E-state index in [2.05, 4.69) is 20.8 Å². The van der Waals surface area contributed by atoms with Gasteiger partial charge in [0.25, 0.3) is 17.7 Å². The number of aliphatic carboxylic acids is 2. The van der Waals surface area contributed by atoms with Gasteiger partial charge in [-0.15, -0.1) is 23.1 Å². The summed E-state index contributed by atoms with van der Waals surface area (Å²) in [7, 11) is 0. The van der Waals surface area contributed by atoms with Crippen LogP contribution >= 0.6 is 23.1 Å². The molecular formula is C27H24N6O12S2. The number of nitrogens with two attached hydrogens (primary N) is 1. The van der Waals surface area contributed by atoms with E-state index in [4.69, 9.17) is 15.0 Å². The highest BCUT2D eigenvalue weighted by Crippen LogP contribution is 2.40. The number of thioether (sulfide) groups is 1. The van der Waals surface area contributed by atoms with Gasteiger partial charge in [-0.1, -0.05) is 5.16 Å². The molecule has 2 aromatic heterocycles. The van der Waals surface area contributed by atoms with Crippen LogP contribution in [0.3, 0.4) is 0 Å². The van der Waals surface area contributed by atoms with Crippen molar-refractivity contribution >= 4 is 74.6 Å². The number of fused-ring (bicyclic) bond motifs is 2. The summed E-state index contributed by atoms with van der Waals surface area (Å²) >= 11 is 2.06. The van der Waals surface area contributed by atoms with E-state index in [1.165, 1.54) is 25.3 Å². The van der Waals surface area contributed by atoms with Gasteiger partial charge in [-0.2, -0.15) is 0 Å². The number of nitrogens with zero attached hydrogens (tertiary/aromatic N) is 3. The molecule has 20 heteroatoms. The predicted octanol–water partition coefficient (Wildman–Crippen LogP) is -0.00460. The number of anilines is 1. The molecule has 47 heavy (non-hydrogen) atoms. The Morgan fingerprint density at radius 2 is 1.94 bits per heavy atom. The van der Waals surface area contributed by atoms with Crippen LogP contribution in [0.15, 0.2) is 49.2 Å². The van der Waals surface area contributed by atoms with Crippen LogP contribution in [0.4, 0.5) is 5.13 Å². The summed E-state index contributed by atoms with van der Waals surface area (Å²) in [5.41, 5.74) is 1.10. The maximum atomic E-state index is 13.2. The average molecular weight is 689 g/mol. The average Bonchev–Trinajstić information content (AvgIpc) is 3.45. The molecule has 2 aliphatic rings. The van der Waals surface area contributed by atoms with Gasteiger partial charge in [-0.3, -0.25) is 19.3 Å². The topological polar surface area (TPSA) is 284 Å². The van der Waals surface area contributed by atoms with E-state index < -0.39 is 80.8 Å². The second kappa shape index (κ2) is 12.3. The molecular weight excluding hydrogens is 664 g/mol. The Hall–Kier alpha value is -5.63. The van der Waals surface area contributed by atoms with Crippen molar-refractivity contribution < 1.29 is 53.7 Å². The number of amides is 3. The standard InChI is InChI=1S/C27H24N6O12S2/c1-27(2,25(42)43)45-32-14(12-8-47-26(28)30-12)20(37)31-15-21(38)33-16(23(39)40)10(7-46-22(15)33)6-29-19(36)11-5-9-3-4-13(34)17(35)18(9)44-24(11)41/h3-5,8,15,22,34-35H,6-7H2,1-2H3,(H2,28,30)(H,29,36)(H,31,37)(H,39,40)(H,42,43)/b32-14-/t15?,22-/m1/s1. The number of nitrogen functional groups attached to an aromatic ring is 1. The van der Waals surface area contributed by atoms with E-state index in [0.29, 0.717) is 0 Å². The summed E-state index contributed by atoms with van der Waals surface area (Å²) in [6, 6.07) is 2.35. The Bertz CT molecular complexity index is 1980. The summed E-state index contributed by atoms with van der Waals surface area (Å²) in [5.74, 6) is -6.76. The lowest BCUT2D eigenvalue weighted by molar-refractivity contribution is -0.161. The van der Waals surface area contributed by atoms with Crippen molar-refractivity contribution in [1.29, 1.82) is 0 Å². The van der Waals surface area contributed by atoms with Crippen molar-refractivity contribution in [2.45, 2.75) is 30.9 Å². The van der Waals surface area contributed by atoms with E-state index in [1.54, 1.807) is 0 Å². The lowest BCUT2D eigenvalue weighted by Crippen LogP contribution is -2.71. The molecule has 2 aliphatic heterocycles. The van der Waals surface area contributed by atoms with Gasteiger partial charge in [0.1, 0.15) is 28.4 Å². The number of thiazole rings is 1. The van der Waals surface area contributed by atoms with Crippen LogP contribution in [0.2, 0.25) is 0 Å². The summed E-state index contributed by atoms with van der Waals surface area (Å²) in [4.78, 5) is 85.4. The smallest absolute Gasteiger partial charge is 0.352 e. The molecule has 1 fully saturated rings. The highest BCUT2D eigenvalue weighted by molar-refractivity contribution is 8.00. The molecule has 18 nitrogen and oxygen atoms in total. The molecule has 1 unspecified atom stereocenters. The number of carbonyl (C=O) groups is 5. The zero-order chi connectivity index (χ0) is 34.4. The third-order valence-electron chi connectivity index (χ3n) is 6.96. The number of carbonyl (C=O) groups excluding carboxylic acids is 3. The van der Waals surface area contributed by atoms with Gasteiger partial charge in [0.2, 0.25) is 11.4 Å². The van der Waals surface area contributed by atoms with Crippen LogP contribution < -0.4 is 22.0 Å². The Morgan fingerprint density at radius 1 is 1.21 bits per heavy atom. The number of aromatic hydroxyl groups is 2. The SMILES string of the molecule is CC(C)(O/N=C(\C(=O)NC1C(=O)N2C(C(=O)O)=C(CNC(=O)c3cc4ccc(O)c(O)c4oc3=O)CS[C@H]12)c1csc(N)n1)C(=O)O. The van der Waals surface area contributed by atoms with E-state index in [1.807, 2.05) is 0 Å². The fourth-order valence-corrected chi connectivity index (χ4v) is 6.32. The summed E-state index contributed by atoms with van der Waals surface area (Å²) in [6.45, 7) is 2.02. The van der Waals surface area contributed by atoms with Gasteiger partial charge in [-0.25, -0.2) is 19.4 Å². The zero-order valence-electron chi connectivity index (χ0n) is 24.2. The quantitative estimate of drug-likeness (QED) is 0.0485. The Kier molecular flexibility index (Phi) is 8.56. The highest BCUT2D eigenvalue weighted by atomic mass is 32.2. The van der Waals surface area contributed by atoms with E-state index in [0.717, 1.165) is 40.1 Å². The van der Waals surface area contributed by atoms with Crippen molar-refractivity contribution in [1.82, 2.24) is 20.5 Å². The van der Waals surface area contributed by atoms with E-state index >= 15 is 0 Å². The first-order valence-corrected chi connectivity index (χ1v) is 15.2. The van der Waals surface area contributed by atoms with Crippen LogP contribution in [0.25, 0.3) is 11.0 Å². The number of nitrogens with one attached hydrogen (secondary N) is 2. The molecule has 1 saturated heterocycles. The van der Waals surface area contributed by atoms with Crippen LogP contribution in [0.5, 0.6) is 11.5 Å². The number of hydrogen-bond donors (Lipinski definition) is 7. The molecule has 0 bridgehead atoms. The maximum Gasteiger partial charge on any atom is 0.352 e. The Labute approximate surface area is 270 Å². The number of phenols is 2. The van der Waals surface area contributed by atoms with Gasteiger partial charge in [0, 0.05) is 23.1 Å². The molecule has 3 aromatic rings. The molecule has 8 N–H and O–H groups in total. The maximum absolute atomic E-state index is 13.2. The third kappa shape index (κ3) is 6.14. The number of carboxylic acid groups (broad SMARTS) is 2. The lowest BCUT2D eigenvalue weighted by atomic mass is 10.0. The molecule has 0 spiro atoms. The van der Waals surface area contributed by atoms with Crippen molar-refractivity contribution in [3.05, 3.63) is 56.5 Å². The molecule has 0 saturated carbocycles. The molecule has 0 aliphatic carbocycles. The minimum Gasteiger partial charge on any atom is -0.504 e. The second-order valence-electron chi connectivity index (χ2n) is 10.5. The molecule has 246 valence electrons. The number of oxime groups is 1. The fraction of sp³-hybridized carbons (Fsp3) is 0.259. The van der Waals surface area contributed by atoms with E-state index in [9.17, 15) is 49.2 Å². The van der Waals surface area contributed by atoms with Crippen molar-refractivity contribution in [3.8, 4) is 11.5 Å². The van der Waals surface area contributed by atoms with Gasteiger partial charge in [0.15, 0.2) is 22.2 Å². The molecule has 3 amide bonds. The number of aromatic nitrogens is 1. The van der Waals surface area contributed by atoms with Crippen molar-refractivity contribution in [3.63, 3.8) is 0 Å². The molecule has 5 rings (SSSR count). The Balaban J connectivity index is 1.32. The molecule has 0 radical (unpaired) electrons. The van der Waals surface area contributed by atoms with Crippen molar-refractivity contribution in [2.24, 2.45) is 5.16 Å². The normalized spacial score (nSPS) is 18.0. The Morgan fingerprint density at radius 3 is 2.57 bits per heavy atom. The number of carboxylic acids is 2. The van der Waals surface area contributed by atoms with Crippen LogP contribution in [0.1, 0.15) is 29.9 Å². The van der Waals surface area contributed by atoms with Crippen LogP contribution in [-0.2, 0) is 24.0 Å². The van der Waals surface area contributed by atoms with Gasteiger partial charge >= 0.3 is 17.6 Å². The summed E-state index contributed by atoms with van der Waals surface area (Å²) in [5, 5.41) is 48.1. The number of β-lactam (4-membered cyclic amide) rings is 1. The first-order valence-electron chi connectivity index (χ1n) is 13.3. The number of benzene rings is 1. The van der Waals surface area contributed by atoms with Crippen molar-refractivity contribution in [2.75, 3.05) is 18.0 Å². The first kappa shape index (κ1) is 32.8. The first-order chi connectivity index (χ1) is 22.1. The highest BCUT2D eigenvalue weighted by Gasteiger charge is 2.54. The third-order valence-corrected chi connectivity index (χ3v) is 8.97. The number of rotatable bonds is 10. The number of hydrogen-bond acceptors (Lipinski definition) is 15. The van der Waals surface area contributed by atoms with Gasteiger partial charge in [-0.05, 0) is 37.6 Å². The fourth-order valence-electron chi connectivity index (χ4n) is 4.43. The summed E-state index contributed by atoms with van der Waals surface area (Å²) < 4.78 is 4.99.